The van der Waals surface area contributed by atoms with Gasteiger partial charge in [-0.2, -0.15) is 0 Å². The predicted octanol–water partition coefficient (Wildman–Crippen LogP) is 2.29. The minimum Gasteiger partial charge on any atom is -0.353 e. The maximum Gasteiger partial charge on any atom is 0.230 e. The molecule has 124 valence electrons. The summed E-state index contributed by atoms with van der Waals surface area (Å²) in [5.74, 6) is 8.33. The minimum absolute atomic E-state index is 0.0259. The molecular weight excluding hydrogens is 298 g/mol. The van der Waals surface area contributed by atoms with Crippen LogP contribution in [0.2, 0.25) is 0 Å². The number of nitrogen functional groups attached to an aromatic ring is 1. The molecule has 2 rings (SSSR count). The zero-order valence-electron chi connectivity index (χ0n) is 13.7. The fourth-order valence-electron chi connectivity index (χ4n) is 2.36. The van der Waals surface area contributed by atoms with Crippen LogP contribution in [0, 0.1) is 5.92 Å². The number of carbonyl (C=O) groups excluding carboxylic acids is 1. The van der Waals surface area contributed by atoms with Crippen molar-refractivity contribution in [1.82, 2.24) is 20.2 Å². The maximum absolute atomic E-state index is 12.0. The molecule has 1 aliphatic carbocycles. The largest absolute Gasteiger partial charge is 0.353 e. The van der Waals surface area contributed by atoms with Gasteiger partial charge in [-0.3, -0.25) is 4.79 Å². The third kappa shape index (κ3) is 5.19. The number of aromatic nitrogens is 3. The molecule has 1 aromatic rings. The number of nitrogens with zero attached hydrogens (tertiary/aromatic N) is 3. The normalized spacial score (nSPS) is 16.0. The molecule has 1 aliphatic rings. The van der Waals surface area contributed by atoms with Gasteiger partial charge in [0.2, 0.25) is 11.1 Å². The van der Waals surface area contributed by atoms with Gasteiger partial charge in [0.15, 0.2) is 5.82 Å². The highest BCUT2D eigenvalue weighted by Crippen LogP contribution is 2.39. The van der Waals surface area contributed by atoms with Gasteiger partial charge in [0.05, 0.1) is 5.75 Å². The van der Waals surface area contributed by atoms with E-state index >= 15 is 0 Å². The average Bonchev–Trinajstić information content (AvgIpc) is 3.20. The second-order valence-electron chi connectivity index (χ2n) is 6.57. The molecule has 1 fully saturated rings. The summed E-state index contributed by atoms with van der Waals surface area (Å²) < 4.78 is 1.53. The third-order valence-corrected chi connectivity index (χ3v) is 4.73. The fraction of sp³-hybridized carbons (Fsp3) is 0.800. The SMILES string of the molecule is CC(C)CCC[C@H](C)NC(=O)CSc1nnc(C2CC2)n1N. The molecule has 3 N–H and O–H groups in total. The van der Waals surface area contributed by atoms with Gasteiger partial charge in [0.25, 0.3) is 0 Å². The van der Waals surface area contributed by atoms with Crippen LogP contribution in [-0.4, -0.2) is 32.6 Å². The summed E-state index contributed by atoms with van der Waals surface area (Å²) in [5, 5.41) is 11.8. The Morgan fingerprint density at radius 2 is 2.09 bits per heavy atom. The van der Waals surface area contributed by atoms with E-state index in [1.807, 2.05) is 0 Å². The van der Waals surface area contributed by atoms with Gasteiger partial charge in [-0.05, 0) is 32.1 Å². The van der Waals surface area contributed by atoms with Crippen LogP contribution in [0.5, 0.6) is 0 Å². The molecule has 1 atom stereocenters. The van der Waals surface area contributed by atoms with Crippen LogP contribution in [0.1, 0.15) is 64.6 Å². The predicted molar refractivity (Wildman–Crippen MR) is 89.2 cm³/mol. The molecule has 0 bridgehead atoms. The lowest BCUT2D eigenvalue weighted by molar-refractivity contribution is -0.119. The lowest BCUT2D eigenvalue weighted by Crippen LogP contribution is -2.34. The first-order chi connectivity index (χ1) is 10.5. The highest BCUT2D eigenvalue weighted by atomic mass is 32.2. The first-order valence-corrected chi connectivity index (χ1v) is 9.08. The summed E-state index contributed by atoms with van der Waals surface area (Å²) in [6.45, 7) is 6.50. The Morgan fingerprint density at radius 1 is 1.36 bits per heavy atom. The third-order valence-electron chi connectivity index (χ3n) is 3.79. The number of thioether (sulfide) groups is 1. The Balaban J connectivity index is 1.69. The first kappa shape index (κ1) is 17.1. The van der Waals surface area contributed by atoms with E-state index in [0.29, 0.717) is 16.8 Å². The second kappa shape index (κ2) is 7.85. The van der Waals surface area contributed by atoms with Crippen molar-refractivity contribution >= 4 is 17.7 Å². The highest BCUT2D eigenvalue weighted by Gasteiger charge is 2.30. The van der Waals surface area contributed by atoms with E-state index in [4.69, 9.17) is 5.84 Å². The summed E-state index contributed by atoms with van der Waals surface area (Å²) in [6, 6.07) is 0.213. The Kier molecular flexibility index (Phi) is 6.11. The van der Waals surface area contributed by atoms with Crippen LogP contribution >= 0.6 is 11.8 Å². The van der Waals surface area contributed by atoms with Crippen molar-refractivity contribution < 1.29 is 4.79 Å². The number of hydrogen-bond acceptors (Lipinski definition) is 5. The van der Waals surface area contributed by atoms with Crippen molar-refractivity contribution in [3.05, 3.63) is 5.82 Å². The lowest BCUT2D eigenvalue weighted by Gasteiger charge is -2.14. The van der Waals surface area contributed by atoms with E-state index in [1.54, 1.807) is 0 Å². The van der Waals surface area contributed by atoms with Gasteiger partial charge in [0, 0.05) is 12.0 Å². The zero-order chi connectivity index (χ0) is 16.1. The van der Waals surface area contributed by atoms with Crippen molar-refractivity contribution in [2.45, 2.75) is 70.0 Å². The molecule has 1 saturated carbocycles. The summed E-state index contributed by atoms with van der Waals surface area (Å²) in [5.41, 5.74) is 0. The monoisotopic (exact) mass is 325 g/mol. The minimum atomic E-state index is 0.0259. The van der Waals surface area contributed by atoms with Crippen molar-refractivity contribution in [2.75, 3.05) is 11.6 Å². The summed E-state index contributed by atoms with van der Waals surface area (Å²) in [4.78, 5) is 12.0. The number of rotatable bonds is 9. The zero-order valence-corrected chi connectivity index (χ0v) is 14.5. The second-order valence-corrected chi connectivity index (χ2v) is 7.51. The molecule has 1 heterocycles. The highest BCUT2D eigenvalue weighted by molar-refractivity contribution is 7.99. The summed E-state index contributed by atoms with van der Waals surface area (Å²) in [7, 11) is 0. The number of nitrogens with one attached hydrogen (secondary N) is 1. The average molecular weight is 325 g/mol. The number of hydrogen-bond donors (Lipinski definition) is 2. The summed E-state index contributed by atoms with van der Waals surface area (Å²) in [6.07, 6.45) is 5.64. The molecule has 0 spiro atoms. The van der Waals surface area contributed by atoms with E-state index in [1.165, 1.54) is 22.9 Å². The van der Waals surface area contributed by atoms with Crippen molar-refractivity contribution in [2.24, 2.45) is 5.92 Å². The molecule has 1 amide bonds. The van der Waals surface area contributed by atoms with Gasteiger partial charge in [-0.1, -0.05) is 38.5 Å². The maximum atomic E-state index is 12.0. The van der Waals surface area contributed by atoms with E-state index in [2.05, 4.69) is 36.3 Å². The number of nitrogens with two attached hydrogens (primary N) is 1. The molecule has 0 aromatic carbocycles. The lowest BCUT2D eigenvalue weighted by atomic mass is 10.0. The van der Waals surface area contributed by atoms with Gasteiger partial charge in [-0.25, -0.2) is 4.68 Å². The molecule has 0 unspecified atom stereocenters. The van der Waals surface area contributed by atoms with Crippen LogP contribution in [0.4, 0.5) is 0 Å². The Morgan fingerprint density at radius 3 is 2.73 bits per heavy atom. The van der Waals surface area contributed by atoms with Gasteiger partial charge >= 0.3 is 0 Å². The topological polar surface area (TPSA) is 85.8 Å². The Labute approximate surface area is 136 Å². The molecular formula is C15H27N5OS. The standard InChI is InChI=1S/C15H27N5OS/c1-10(2)5-4-6-11(3)17-13(21)9-22-15-19-18-14(20(15)16)12-7-8-12/h10-12H,4-9,16H2,1-3H3,(H,17,21)/t11-/m0/s1. The van der Waals surface area contributed by atoms with Crippen LogP contribution in [0.25, 0.3) is 0 Å². The smallest absolute Gasteiger partial charge is 0.230 e. The summed E-state index contributed by atoms with van der Waals surface area (Å²) >= 11 is 1.34. The van der Waals surface area contributed by atoms with E-state index < -0.39 is 0 Å². The van der Waals surface area contributed by atoms with Crippen molar-refractivity contribution in [3.8, 4) is 0 Å². The van der Waals surface area contributed by atoms with Crippen LogP contribution in [0.15, 0.2) is 5.16 Å². The number of carbonyl (C=O) groups is 1. The van der Waals surface area contributed by atoms with E-state index in [-0.39, 0.29) is 11.9 Å². The molecule has 0 radical (unpaired) electrons. The Bertz CT molecular complexity index is 498. The molecule has 0 saturated heterocycles. The van der Waals surface area contributed by atoms with Crippen molar-refractivity contribution in [3.63, 3.8) is 0 Å². The molecule has 1 aromatic heterocycles. The van der Waals surface area contributed by atoms with Gasteiger partial charge < -0.3 is 11.2 Å². The molecule has 22 heavy (non-hydrogen) atoms. The molecule has 7 heteroatoms. The molecule has 0 aliphatic heterocycles. The van der Waals surface area contributed by atoms with Crippen LogP contribution in [-0.2, 0) is 4.79 Å². The van der Waals surface area contributed by atoms with Crippen LogP contribution in [0.3, 0.4) is 0 Å². The quantitative estimate of drug-likeness (QED) is 0.537. The fourth-order valence-corrected chi connectivity index (χ4v) is 3.03. The van der Waals surface area contributed by atoms with Crippen molar-refractivity contribution in [1.29, 1.82) is 0 Å². The van der Waals surface area contributed by atoms with Gasteiger partial charge in [0.1, 0.15) is 0 Å². The van der Waals surface area contributed by atoms with E-state index in [0.717, 1.165) is 37.4 Å². The molecule has 6 nitrogen and oxygen atoms in total. The van der Waals surface area contributed by atoms with E-state index in [9.17, 15) is 4.79 Å². The first-order valence-electron chi connectivity index (χ1n) is 8.10. The Hall–Kier alpha value is -1.24. The van der Waals surface area contributed by atoms with Crippen LogP contribution < -0.4 is 11.2 Å². The number of amides is 1. The van der Waals surface area contributed by atoms with Gasteiger partial charge in [-0.15, -0.1) is 10.2 Å².